The molecule has 4 heteroatoms. The van der Waals surface area contributed by atoms with Gasteiger partial charge in [0.05, 0.1) is 18.4 Å². The molecule has 1 aromatic rings. The summed E-state index contributed by atoms with van der Waals surface area (Å²) in [6.07, 6.45) is 6.08. The Bertz CT molecular complexity index is 337. The van der Waals surface area contributed by atoms with Gasteiger partial charge >= 0.3 is 0 Å². The Kier molecular flexibility index (Phi) is 3.46. The minimum absolute atomic E-state index is 0.245. The predicted octanol–water partition coefficient (Wildman–Crippen LogP) is 2.73. The van der Waals surface area contributed by atoms with Gasteiger partial charge in [-0.1, -0.05) is 15.9 Å². The standard InChI is InChI=1S/C11H17BrN2O/c1-8-10(7-13-14(8)2)11-5-3-4-9(6-12)15-11/h7,9,11H,3-6H2,1-2H3. The molecule has 0 amide bonds. The normalized spacial score (nSPS) is 26.9. The minimum Gasteiger partial charge on any atom is -0.369 e. The monoisotopic (exact) mass is 272 g/mol. The summed E-state index contributed by atoms with van der Waals surface area (Å²) in [6, 6.07) is 0. The molecule has 2 unspecified atom stereocenters. The molecule has 1 fully saturated rings. The summed E-state index contributed by atoms with van der Waals surface area (Å²) in [7, 11) is 1.98. The molecule has 1 aliphatic rings. The van der Waals surface area contributed by atoms with Crippen molar-refractivity contribution in [1.82, 2.24) is 9.78 Å². The maximum absolute atomic E-state index is 6.02. The number of aromatic nitrogens is 2. The third-order valence-electron chi connectivity index (χ3n) is 3.14. The topological polar surface area (TPSA) is 27.1 Å². The molecular weight excluding hydrogens is 256 g/mol. The lowest BCUT2D eigenvalue weighted by molar-refractivity contribution is -0.0387. The SMILES string of the molecule is Cc1c(C2CCCC(CBr)O2)cnn1C. The van der Waals surface area contributed by atoms with Gasteiger partial charge in [0, 0.05) is 23.6 Å². The second-order valence-corrected chi connectivity index (χ2v) is 4.79. The molecule has 0 N–H and O–H groups in total. The van der Waals surface area contributed by atoms with Crippen LogP contribution in [0.1, 0.15) is 36.6 Å². The first kappa shape index (κ1) is 11.1. The quantitative estimate of drug-likeness (QED) is 0.775. The van der Waals surface area contributed by atoms with Crippen molar-refractivity contribution in [3.63, 3.8) is 0 Å². The van der Waals surface area contributed by atoms with Crippen molar-refractivity contribution in [3.8, 4) is 0 Å². The number of rotatable bonds is 2. The van der Waals surface area contributed by atoms with Crippen LogP contribution in [-0.4, -0.2) is 21.2 Å². The summed E-state index contributed by atoms with van der Waals surface area (Å²) >= 11 is 3.49. The summed E-state index contributed by atoms with van der Waals surface area (Å²) in [5.41, 5.74) is 2.47. The largest absolute Gasteiger partial charge is 0.369 e. The molecule has 0 aliphatic carbocycles. The van der Waals surface area contributed by atoms with E-state index in [4.69, 9.17) is 4.74 Å². The third-order valence-corrected chi connectivity index (χ3v) is 3.86. The van der Waals surface area contributed by atoms with Crippen molar-refractivity contribution in [2.45, 2.75) is 38.4 Å². The van der Waals surface area contributed by atoms with Crippen LogP contribution in [0.25, 0.3) is 0 Å². The highest BCUT2D eigenvalue weighted by Crippen LogP contribution is 2.32. The molecule has 0 radical (unpaired) electrons. The summed E-state index contributed by atoms with van der Waals surface area (Å²) in [5.74, 6) is 0. The van der Waals surface area contributed by atoms with Gasteiger partial charge in [0.25, 0.3) is 0 Å². The van der Waals surface area contributed by atoms with E-state index in [1.807, 2.05) is 17.9 Å². The second-order valence-electron chi connectivity index (χ2n) is 4.14. The van der Waals surface area contributed by atoms with E-state index in [0.29, 0.717) is 6.10 Å². The molecule has 0 bridgehead atoms. The Labute approximate surface area is 98.9 Å². The average Bonchev–Trinajstić information content (AvgIpc) is 2.60. The third kappa shape index (κ3) is 2.26. The molecule has 84 valence electrons. The van der Waals surface area contributed by atoms with E-state index < -0.39 is 0 Å². The van der Waals surface area contributed by atoms with Crippen LogP contribution in [0.3, 0.4) is 0 Å². The molecule has 2 rings (SSSR count). The van der Waals surface area contributed by atoms with Crippen LogP contribution in [0.2, 0.25) is 0 Å². The highest BCUT2D eigenvalue weighted by Gasteiger charge is 2.25. The maximum Gasteiger partial charge on any atom is 0.0862 e. The van der Waals surface area contributed by atoms with E-state index in [0.717, 1.165) is 11.8 Å². The second kappa shape index (κ2) is 4.66. The molecule has 3 nitrogen and oxygen atoms in total. The van der Waals surface area contributed by atoms with Crippen LogP contribution in [0.5, 0.6) is 0 Å². The Hall–Kier alpha value is -0.350. The van der Waals surface area contributed by atoms with Crippen LogP contribution in [-0.2, 0) is 11.8 Å². The van der Waals surface area contributed by atoms with Crippen LogP contribution in [0, 0.1) is 6.92 Å². The van der Waals surface area contributed by atoms with Gasteiger partial charge in [-0.05, 0) is 26.2 Å². The lowest BCUT2D eigenvalue weighted by Crippen LogP contribution is -2.23. The highest BCUT2D eigenvalue weighted by atomic mass is 79.9. The van der Waals surface area contributed by atoms with Crippen molar-refractivity contribution < 1.29 is 4.74 Å². The van der Waals surface area contributed by atoms with E-state index in [1.54, 1.807) is 0 Å². The molecule has 2 atom stereocenters. The molecule has 1 aromatic heterocycles. The van der Waals surface area contributed by atoms with Crippen LogP contribution in [0.4, 0.5) is 0 Å². The van der Waals surface area contributed by atoms with E-state index in [9.17, 15) is 0 Å². The minimum atomic E-state index is 0.245. The average molecular weight is 273 g/mol. The molecule has 0 spiro atoms. The van der Waals surface area contributed by atoms with Gasteiger partial charge in [-0.2, -0.15) is 5.10 Å². The lowest BCUT2D eigenvalue weighted by atomic mass is 9.99. The summed E-state index contributed by atoms with van der Waals surface area (Å²) in [6.45, 7) is 2.10. The van der Waals surface area contributed by atoms with Gasteiger partial charge in [-0.3, -0.25) is 4.68 Å². The maximum atomic E-state index is 6.02. The van der Waals surface area contributed by atoms with Crippen LogP contribution in [0.15, 0.2) is 6.20 Å². The fourth-order valence-electron chi connectivity index (χ4n) is 2.07. The van der Waals surface area contributed by atoms with Crippen LogP contribution < -0.4 is 0 Å². The van der Waals surface area contributed by atoms with E-state index in [2.05, 4.69) is 28.0 Å². The van der Waals surface area contributed by atoms with Crippen molar-refractivity contribution in [2.75, 3.05) is 5.33 Å². The first-order valence-corrected chi connectivity index (χ1v) is 6.54. The molecule has 2 heterocycles. The Morgan fingerprint density at radius 2 is 2.40 bits per heavy atom. The summed E-state index contributed by atoms with van der Waals surface area (Å²) in [5, 5.41) is 5.20. The van der Waals surface area contributed by atoms with Gasteiger partial charge < -0.3 is 4.74 Å². The zero-order chi connectivity index (χ0) is 10.8. The van der Waals surface area contributed by atoms with E-state index in [-0.39, 0.29) is 6.10 Å². The summed E-state index contributed by atoms with van der Waals surface area (Å²) in [4.78, 5) is 0. The van der Waals surface area contributed by atoms with Gasteiger partial charge in [0.15, 0.2) is 0 Å². The van der Waals surface area contributed by atoms with Crippen molar-refractivity contribution >= 4 is 15.9 Å². The first-order valence-electron chi connectivity index (χ1n) is 5.42. The fraction of sp³-hybridized carbons (Fsp3) is 0.727. The number of hydrogen-bond acceptors (Lipinski definition) is 2. The van der Waals surface area contributed by atoms with Crippen LogP contribution >= 0.6 is 15.9 Å². The molecular formula is C11H17BrN2O. The lowest BCUT2D eigenvalue weighted by Gasteiger charge is -2.28. The number of hydrogen-bond donors (Lipinski definition) is 0. The van der Waals surface area contributed by atoms with Crippen molar-refractivity contribution in [1.29, 1.82) is 0 Å². The summed E-state index contributed by atoms with van der Waals surface area (Å²) < 4.78 is 7.93. The van der Waals surface area contributed by atoms with Crippen molar-refractivity contribution in [2.24, 2.45) is 7.05 Å². The molecule has 1 aliphatic heterocycles. The molecule has 15 heavy (non-hydrogen) atoms. The number of alkyl halides is 1. The zero-order valence-electron chi connectivity index (χ0n) is 9.24. The molecule has 0 aromatic carbocycles. The number of aryl methyl sites for hydroxylation is 1. The number of ether oxygens (including phenoxy) is 1. The van der Waals surface area contributed by atoms with Gasteiger partial charge in [0.2, 0.25) is 0 Å². The Balaban J connectivity index is 2.13. The van der Waals surface area contributed by atoms with E-state index in [1.165, 1.54) is 24.1 Å². The van der Waals surface area contributed by atoms with E-state index >= 15 is 0 Å². The molecule has 0 saturated carbocycles. The van der Waals surface area contributed by atoms with Gasteiger partial charge in [-0.25, -0.2) is 0 Å². The fourth-order valence-corrected chi connectivity index (χ4v) is 2.55. The Morgan fingerprint density at radius 3 is 3.00 bits per heavy atom. The molecule has 1 saturated heterocycles. The predicted molar refractivity (Wildman–Crippen MR) is 63.2 cm³/mol. The number of halogens is 1. The van der Waals surface area contributed by atoms with Gasteiger partial charge in [-0.15, -0.1) is 0 Å². The first-order chi connectivity index (χ1) is 7.22. The number of nitrogens with zero attached hydrogens (tertiary/aromatic N) is 2. The smallest absolute Gasteiger partial charge is 0.0862 e. The Morgan fingerprint density at radius 1 is 1.60 bits per heavy atom. The van der Waals surface area contributed by atoms with Gasteiger partial charge in [0.1, 0.15) is 0 Å². The van der Waals surface area contributed by atoms with Crippen molar-refractivity contribution in [3.05, 3.63) is 17.5 Å². The zero-order valence-corrected chi connectivity index (χ0v) is 10.8. The highest BCUT2D eigenvalue weighted by molar-refractivity contribution is 9.09.